The van der Waals surface area contributed by atoms with Gasteiger partial charge < -0.3 is 45.4 Å². The molecule has 3 unspecified atom stereocenters. The molecule has 59 heavy (non-hydrogen) atoms. The Hall–Kier alpha value is -4.91. The molecule has 0 radical (unpaired) electrons. The molecule has 324 valence electrons. The number of halogens is 3. The monoisotopic (exact) mass is 829 g/mol. The summed E-state index contributed by atoms with van der Waals surface area (Å²) in [4.78, 5) is 27.0. The van der Waals surface area contributed by atoms with Crippen molar-refractivity contribution in [2.45, 2.75) is 64.5 Å². The standard InChI is InChI=1S/C19H26N2O2.C15H22N4O4.C6H4F3NO.C2H6/c1-15-14-16(10-11-20)4-9-19(15)23-18-7-5-17(6-8-18)22-13-3-12-21-2;20-10-11-1-2-14(17-16-11)19-6-4-18(5-7-19)9-13-15(22)12(21)3-8-23-13;7-6(8,9)4-2-1-3-5(11)10-4;1-2/h4-9,14,21H,3,10-13,20H2,1-2H3;1-2,10,12-13,15,21-22H,3-9H2;1-3H,(H,10,11);1-2H3. The quantitative estimate of drug-likeness (QED) is 0.0929. The van der Waals surface area contributed by atoms with Gasteiger partial charge in [-0.1, -0.05) is 32.0 Å². The summed E-state index contributed by atoms with van der Waals surface area (Å²) in [7, 11) is 1.94. The van der Waals surface area contributed by atoms with Gasteiger partial charge in [-0.3, -0.25) is 14.5 Å². The molecule has 0 bridgehead atoms. The van der Waals surface area contributed by atoms with Crippen molar-refractivity contribution in [3.63, 3.8) is 0 Å². The number of piperazine rings is 1. The first-order valence-electron chi connectivity index (χ1n) is 19.8. The van der Waals surface area contributed by atoms with Crippen LogP contribution < -0.4 is 31.0 Å². The predicted molar refractivity (Wildman–Crippen MR) is 220 cm³/mol. The van der Waals surface area contributed by atoms with Crippen LogP contribution in [0.4, 0.5) is 19.0 Å². The van der Waals surface area contributed by atoms with E-state index in [1.165, 1.54) is 5.56 Å². The molecule has 6 N–H and O–H groups in total. The fourth-order valence-electron chi connectivity index (χ4n) is 5.93. The number of aryl methyl sites for hydroxylation is 1. The van der Waals surface area contributed by atoms with E-state index in [9.17, 15) is 33.0 Å². The Bertz CT molecular complexity index is 1840. The Balaban J connectivity index is 0.000000245. The van der Waals surface area contributed by atoms with Gasteiger partial charge in [0, 0.05) is 45.4 Å². The predicted octanol–water partition coefficient (Wildman–Crippen LogP) is 4.62. The van der Waals surface area contributed by atoms with Gasteiger partial charge in [0.1, 0.15) is 34.7 Å². The summed E-state index contributed by atoms with van der Waals surface area (Å²) in [5, 5.41) is 30.7. The SMILES string of the molecule is CC.CNCCCOc1ccc(Oc2ccc(CCN)cc2C)cc1.O=Cc1ccc(N2CCN(CC3OCCC(O)C3O)CC2)nn1.O=c1cccc(C(F)(F)F)[nH]1. The number of hydrogen-bond acceptors (Lipinski definition) is 13. The van der Waals surface area contributed by atoms with Crippen LogP contribution in [0.25, 0.3) is 0 Å². The summed E-state index contributed by atoms with van der Waals surface area (Å²) in [5.74, 6) is 3.30. The minimum Gasteiger partial charge on any atom is -0.494 e. The molecule has 2 aliphatic rings. The van der Waals surface area contributed by atoms with Crippen LogP contribution in [0.5, 0.6) is 17.2 Å². The maximum atomic E-state index is 11.8. The molecular formula is C42H58F3N7O7. The number of alkyl halides is 3. The van der Waals surface area contributed by atoms with Crippen molar-refractivity contribution in [3.05, 3.63) is 106 Å². The summed E-state index contributed by atoms with van der Waals surface area (Å²) in [6.07, 6.45) is -3.27. The number of nitrogens with zero attached hydrogens (tertiary/aromatic N) is 4. The number of H-pyrrole nitrogens is 1. The number of hydrogen-bond donors (Lipinski definition) is 5. The zero-order chi connectivity index (χ0) is 43.2. The van der Waals surface area contributed by atoms with Crippen molar-refractivity contribution in [2.75, 3.05) is 71.0 Å². The number of aromatic nitrogens is 3. The number of carbonyl (C=O) groups excluding carboxylic acids is 1. The summed E-state index contributed by atoms with van der Waals surface area (Å²) in [6.45, 7) is 12.7. The number of aliphatic hydroxyl groups is 2. The molecule has 2 aromatic heterocycles. The molecule has 2 saturated heterocycles. The van der Waals surface area contributed by atoms with E-state index < -0.39 is 29.6 Å². The van der Waals surface area contributed by atoms with Crippen LogP contribution in [0.2, 0.25) is 0 Å². The minimum absolute atomic E-state index is 0.328. The number of aldehydes is 1. The largest absolute Gasteiger partial charge is 0.494 e. The Labute approximate surface area is 343 Å². The molecule has 17 heteroatoms. The van der Waals surface area contributed by atoms with Crippen molar-refractivity contribution >= 4 is 12.1 Å². The second-order valence-electron chi connectivity index (χ2n) is 13.4. The van der Waals surface area contributed by atoms with Crippen LogP contribution >= 0.6 is 0 Å². The summed E-state index contributed by atoms with van der Waals surface area (Å²) >= 11 is 0. The van der Waals surface area contributed by atoms with Gasteiger partial charge in [0.2, 0.25) is 5.56 Å². The number of rotatable bonds is 13. The highest BCUT2D eigenvalue weighted by molar-refractivity contribution is 5.71. The van der Waals surface area contributed by atoms with Gasteiger partial charge in [-0.05, 0) is 106 Å². The van der Waals surface area contributed by atoms with E-state index in [0.29, 0.717) is 44.7 Å². The maximum absolute atomic E-state index is 11.8. The van der Waals surface area contributed by atoms with Gasteiger partial charge in [-0.15, -0.1) is 10.2 Å². The summed E-state index contributed by atoms with van der Waals surface area (Å²) < 4.78 is 52.6. The van der Waals surface area contributed by atoms with Crippen molar-refractivity contribution in [2.24, 2.45) is 5.73 Å². The fourth-order valence-corrected chi connectivity index (χ4v) is 5.93. The van der Waals surface area contributed by atoms with Crippen LogP contribution in [0, 0.1) is 6.92 Å². The lowest BCUT2D eigenvalue weighted by molar-refractivity contribution is -0.141. The molecule has 0 aliphatic carbocycles. The number of anilines is 1. The molecule has 0 spiro atoms. The van der Waals surface area contributed by atoms with Crippen LogP contribution in [-0.2, 0) is 17.3 Å². The Morgan fingerprint density at radius 1 is 1.00 bits per heavy atom. The molecule has 4 heterocycles. The zero-order valence-electron chi connectivity index (χ0n) is 34.2. The van der Waals surface area contributed by atoms with E-state index in [2.05, 4.69) is 44.4 Å². The highest BCUT2D eigenvalue weighted by Crippen LogP contribution is 2.28. The molecule has 6 rings (SSSR count). The first-order chi connectivity index (χ1) is 28.4. The first-order valence-corrected chi connectivity index (χ1v) is 19.8. The Morgan fingerprint density at radius 3 is 2.29 bits per heavy atom. The van der Waals surface area contributed by atoms with Crippen LogP contribution in [0.3, 0.4) is 0 Å². The number of benzene rings is 2. The molecule has 14 nitrogen and oxygen atoms in total. The van der Waals surface area contributed by atoms with E-state index >= 15 is 0 Å². The lowest BCUT2D eigenvalue weighted by Crippen LogP contribution is -2.54. The van der Waals surface area contributed by atoms with E-state index in [4.69, 9.17) is 19.9 Å². The number of aromatic amines is 1. The smallest absolute Gasteiger partial charge is 0.431 e. The van der Waals surface area contributed by atoms with Gasteiger partial charge in [-0.2, -0.15) is 13.2 Å². The highest BCUT2D eigenvalue weighted by atomic mass is 19.4. The molecular weight excluding hydrogens is 771 g/mol. The number of carbonyl (C=O) groups is 1. The minimum atomic E-state index is -4.47. The third kappa shape index (κ3) is 16.7. The maximum Gasteiger partial charge on any atom is 0.431 e. The fraction of sp³-hybridized carbons (Fsp3) is 0.476. The highest BCUT2D eigenvalue weighted by Gasteiger charge is 2.33. The van der Waals surface area contributed by atoms with Crippen molar-refractivity contribution in [1.82, 2.24) is 25.4 Å². The van der Waals surface area contributed by atoms with E-state index in [-0.39, 0.29) is 6.10 Å². The van der Waals surface area contributed by atoms with Crippen LogP contribution in [-0.4, -0.2) is 121 Å². The summed E-state index contributed by atoms with van der Waals surface area (Å²) in [6, 6.07) is 20.3. The van der Waals surface area contributed by atoms with Crippen molar-refractivity contribution in [1.29, 1.82) is 0 Å². The molecule has 2 aromatic carbocycles. The number of aliphatic hydroxyl groups excluding tert-OH is 2. The van der Waals surface area contributed by atoms with Crippen LogP contribution in [0.15, 0.2) is 77.6 Å². The average Bonchev–Trinajstić information content (AvgIpc) is 3.24. The second kappa shape index (κ2) is 25.5. The molecule has 4 aromatic rings. The van der Waals surface area contributed by atoms with Gasteiger partial charge >= 0.3 is 6.18 Å². The van der Waals surface area contributed by atoms with E-state index in [1.54, 1.807) is 17.1 Å². The molecule has 0 amide bonds. The molecule has 3 atom stereocenters. The molecule has 2 fully saturated rings. The third-order valence-corrected chi connectivity index (χ3v) is 9.08. The van der Waals surface area contributed by atoms with Gasteiger partial charge in [0.25, 0.3) is 0 Å². The summed E-state index contributed by atoms with van der Waals surface area (Å²) in [5.41, 5.74) is 6.50. The average molecular weight is 830 g/mol. The van der Waals surface area contributed by atoms with Crippen LogP contribution in [0.1, 0.15) is 54.0 Å². The normalized spacial score (nSPS) is 17.9. The second-order valence-corrected chi connectivity index (χ2v) is 13.4. The van der Waals surface area contributed by atoms with E-state index in [0.717, 1.165) is 92.4 Å². The van der Waals surface area contributed by atoms with Gasteiger partial charge in [0.15, 0.2) is 12.1 Å². The Morgan fingerprint density at radius 2 is 1.71 bits per heavy atom. The molecule has 2 aliphatic heterocycles. The number of pyridine rings is 1. The lowest BCUT2D eigenvalue weighted by Gasteiger charge is -2.39. The third-order valence-electron chi connectivity index (χ3n) is 9.08. The van der Waals surface area contributed by atoms with Gasteiger partial charge in [0.05, 0.1) is 18.8 Å². The molecule has 0 saturated carbocycles. The first kappa shape index (κ1) is 48.5. The Kier molecular flexibility index (Phi) is 21.0. The number of nitrogens with two attached hydrogens (primary N) is 1. The number of ether oxygens (including phenoxy) is 3. The zero-order valence-corrected chi connectivity index (χ0v) is 34.2. The van der Waals surface area contributed by atoms with Gasteiger partial charge in [-0.25, -0.2) is 0 Å². The van der Waals surface area contributed by atoms with E-state index in [1.807, 2.05) is 51.2 Å². The lowest BCUT2D eigenvalue weighted by atomic mass is 10.0. The van der Waals surface area contributed by atoms with Crippen molar-refractivity contribution in [3.8, 4) is 17.2 Å². The number of nitrogens with one attached hydrogen (secondary N) is 2. The topological polar surface area (TPSA) is 188 Å². The van der Waals surface area contributed by atoms with Crippen molar-refractivity contribution < 1.29 is 42.4 Å².